The van der Waals surface area contributed by atoms with Crippen LogP contribution in [-0.4, -0.2) is 58.0 Å². The molecule has 1 saturated heterocycles. The molecule has 1 aliphatic rings. The van der Waals surface area contributed by atoms with Gasteiger partial charge in [-0.15, -0.1) is 0 Å². The number of benzene rings is 1. The van der Waals surface area contributed by atoms with E-state index in [1.807, 2.05) is 6.07 Å². The summed E-state index contributed by atoms with van der Waals surface area (Å²) in [5.41, 5.74) is 7.56. The maximum atomic E-state index is 12.1. The number of nitrogens with two attached hydrogens (primary N) is 1. The van der Waals surface area contributed by atoms with Crippen LogP contribution in [0.25, 0.3) is 11.0 Å². The highest BCUT2D eigenvalue weighted by atomic mass is 31.3. The summed E-state index contributed by atoms with van der Waals surface area (Å²) in [5, 5.41) is 32.2. The van der Waals surface area contributed by atoms with Gasteiger partial charge in [-0.1, -0.05) is 13.8 Å². The molecule has 256 valence electrons. The largest absolute Gasteiger partial charge is 0.490 e. The van der Waals surface area contributed by atoms with Gasteiger partial charge in [0.2, 0.25) is 0 Å². The van der Waals surface area contributed by atoms with Crippen molar-refractivity contribution < 1.29 is 65.9 Å². The maximum absolute atomic E-state index is 12.1. The molecule has 3 unspecified atom stereocenters. The van der Waals surface area contributed by atoms with Crippen molar-refractivity contribution in [3.63, 3.8) is 0 Å². The third kappa shape index (κ3) is 9.08. The highest BCUT2D eigenvalue weighted by Crippen LogP contribution is 2.66. The molecule has 0 aliphatic carbocycles. The van der Waals surface area contributed by atoms with Gasteiger partial charge < -0.3 is 44.5 Å². The Balaban J connectivity index is 1.55. The lowest BCUT2D eigenvalue weighted by Crippen LogP contribution is -2.26. The Bertz CT molecular complexity index is 1840. The fraction of sp³-hybridized carbons (Fsp3) is 0.417. The van der Waals surface area contributed by atoms with E-state index in [1.54, 1.807) is 20.0 Å². The topological polar surface area (TPSA) is 309 Å². The molecule has 3 aromatic rings. The first-order valence-corrected chi connectivity index (χ1v) is 18.0. The van der Waals surface area contributed by atoms with Gasteiger partial charge in [-0.3, -0.25) is 14.6 Å². The summed E-state index contributed by atoms with van der Waals surface area (Å²) in [6, 6.07) is 7.48. The number of hydrogen-bond acceptors (Lipinski definition) is 14. The highest BCUT2D eigenvalue weighted by Gasteiger charge is 2.43. The molecule has 1 fully saturated rings. The van der Waals surface area contributed by atoms with Crippen LogP contribution in [-0.2, 0) is 42.9 Å². The number of fused-ring (bicyclic) bond motifs is 1. The number of anilines is 1. The van der Waals surface area contributed by atoms with E-state index in [2.05, 4.69) is 18.1 Å². The summed E-state index contributed by atoms with van der Waals surface area (Å²) < 4.78 is 60.0. The number of aromatic nitrogens is 2. The van der Waals surface area contributed by atoms with Crippen molar-refractivity contribution in [2.75, 3.05) is 12.3 Å². The van der Waals surface area contributed by atoms with Gasteiger partial charge in [0.15, 0.2) is 0 Å². The molecule has 1 aliphatic heterocycles. The molecular weight excluding hydrogens is 691 g/mol. The minimum atomic E-state index is -5.74. The zero-order chi connectivity index (χ0) is 34.9. The molecule has 6 atom stereocenters. The highest BCUT2D eigenvalue weighted by molar-refractivity contribution is 7.66. The summed E-state index contributed by atoms with van der Waals surface area (Å²) in [6.07, 6.45) is -1.50. The number of pyridine rings is 1. The van der Waals surface area contributed by atoms with Gasteiger partial charge in [-0.2, -0.15) is 13.9 Å². The zero-order valence-electron chi connectivity index (χ0n) is 24.5. The van der Waals surface area contributed by atoms with Crippen molar-refractivity contribution in [3.8, 4) is 6.07 Å². The van der Waals surface area contributed by atoms with Crippen molar-refractivity contribution in [2.24, 2.45) is 5.92 Å². The summed E-state index contributed by atoms with van der Waals surface area (Å²) in [7, 11) is -16.8. The van der Waals surface area contributed by atoms with Crippen molar-refractivity contribution in [3.05, 3.63) is 63.5 Å². The Labute approximate surface area is 265 Å². The van der Waals surface area contributed by atoms with Crippen LogP contribution in [0.1, 0.15) is 49.3 Å². The third-order valence-corrected chi connectivity index (χ3v) is 10.6. The average molecular weight is 721 g/mol. The Morgan fingerprint density at radius 1 is 1.19 bits per heavy atom. The molecule has 20 nitrogen and oxygen atoms in total. The van der Waals surface area contributed by atoms with Gasteiger partial charge >= 0.3 is 23.5 Å². The number of nitro benzene ring substituents is 1. The molecule has 0 saturated carbocycles. The second-order valence-electron chi connectivity index (χ2n) is 10.6. The zero-order valence-corrected chi connectivity index (χ0v) is 27.2. The van der Waals surface area contributed by atoms with Crippen molar-refractivity contribution >= 4 is 45.9 Å². The first-order chi connectivity index (χ1) is 21.8. The van der Waals surface area contributed by atoms with Gasteiger partial charge in [-0.05, 0) is 24.1 Å². The maximum Gasteiger partial charge on any atom is 0.490 e. The number of hydrogen-bond donors (Lipinski definition) is 6. The van der Waals surface area contributed by atoms with Crippen molar-refractivity contribution in [1.29, 1.82) is 5.26 Å². The monoisotopic (exact) mass is 721 g/mol. The van der Waals surface area contributed by atoms with Crippen LogP contribution in [0, 0.1) is 27.4 Å². The SMILES string of the molecule is CC(C)C(OCc1cn([C@H]2C[C@@H](O)[C@@H](COP(=O)(O)OP(=O)(O)OP(=O)(O)O)O2)c2nccc(N)c12)c1cc(C#N)ccc1[N+](=O)[O-]. The van der Waals surface area contributed by atoms with E-state index in [-0.39, 0.29) is 35.8 Å². The molecule has 7 N–H and O–H groups in total. The molecule has 23 heteroatoms. The fourth-order valence-electron chi connectivity index (χ4n) is 4.96. The van der Waals surface area contributed by atoms with Gasteiger partial charge in [0.25, 0.3) is 5.69 Å². The molecular formula is C24H30N5O15P3. The van der Waals surface area contributed by atoms with Crippen LogP contribution >= 0.6 is 23.5 Å². The summed E-state index contributed by atoms with van der Waals surface area (Å²) >= 11 is 0. The predicted octanol–water partition coefficient (Wildman–Crippen LogP) is 3.30. The van der Waals surface area contributed by atoms with E-state index >= 15 is 0 Å². The summed E-state index contributed by atoms with van der Waals surface area (Å²) in [5.74, 6) is -0.268. The Kier molecular flexibility index (Phi) is 11.1. The number of phosphoric ester groups is 1. The van der Waals surface area contributed by atoms with Crippen LogP contribution < -0.4 is 5.73 Å². The standard InChI is InChI=1S/C24H30N5O15P3/c1-13(2)23(16-7-14(9-25)3-4-18(16)29(31)32)40-11-15-10-28(24-22(15)17(26)5-6-27-24)21-8-19(30)20(42-21)12-41-46(36,37)44-47(38,39)43-45(33,34)35/h3-7,10,13,19-21,23,30H,8,11-12H2,1-2H3,(H2,26,27)(H,36,37)(H,38,39)(H2,33,34,35)/t19-,20-,21-,23?/m1/s1. The number of nitro groups is 1. The van der Waals surface area contributed by atoms with E-state index < -0.39 is 59.5 Å². The first-order valence-electron chi connectivity index (χ1n) is 13.5. The number of nitriles is 1. The number of phosphoric acid groups is 3. The molecule has 0 amide bonds. The Morgan fingerprint density at radius 3 is 2.51 bits per heavy atom. The summed E-state index contributed by atoms with van der Waals surface area (Å²) in [4.78, 5) is 52.0. The van der Waals surface area contributed by atoms with E-state index in [1.165, 1.54) is 35.0 Å². The lowest BCUT2D eigenvalue weighted by Gasteiger charge is -2.22. The first kappa shape index (κ1) is 36.7. The molecule has 4 rings (SSSR count). The second-order valence-corrected chi connectivity index (χ2v) is 15.0. The average Bonchev–Trinajstić information content (AvgIpc) is 3.50. The normalized spacial score (nSPS) is 21.7. The predicted molar refractivity (Wildman–Crippen MR) is 159 cm³/mol. The summed E-state index contributed by atoms with van der Waals surface area (Å²) in [6.45, 7) is 2.59. The molecule has 2 aromatic heterocycles. The Morgan fingerprint density at radius 2 is 1.89 bits per heavy atom. The van der Waals surface area contributed by atoms with Crippen LogP contribution in [0.15, 0.2) is 36.7 Å². The fourth-order valence-corrected chi connectivity index (χ4v) is 7.99. The molecule has 0 radical (unpaired) electrons. The minimum absolute atomic E-state index is 0.104. The molecule has 3 heterocycles. The van der Waals surface area contributed by atoms with Gasteiger partial charge in [-0.25, -0.2) is 18.7 Å². The van der Waals surface area contributed by atoms with Gasteiger partial charge in [0.05, 0.1) is 47.5 Å². The number of nitrogen functional groups attached to an aromatic ring is 1. The number of nitrogens with zero attached hydrogens (tertiary/aromatic N) is 4. The van der Waals surface area contributed by atoms with Gasteiger partial charge in [0.1, 0.15) is 18.0 Å². The lowest BCUT2D eigenvalue weighted by molar-refractivity contribution is -0.386. The number of ether oxygens (including phenoxy) is 2. The van der Waals surface area contributed by atoms with E-state index in [0.717, 1.165) is 0 Å². The second kappa shape index (κ2) is 14.2. The van der Waals surface area contributed by atoms with E-state index in [4.69, 9.17) is 25.0 Å². The Hall–Kier alpha value is -3.11. The van der Waals surface area contributed by atoms with Crippen LogP contribution in [0.4, 0.5) is 11.4 Å². The van der Waals surface area contributed by atoms with Crippen LogP contribution in [0.5, 0.6) is 0 Å². The number of aliphatic hydroxyl groups excluding tert-OH is 1. The van der Waals surface area contributed by atoms with Crippen LogP contribution in [0.2, 0.25) is 0 Å². The molecule has 0 bridgehead atoms. The van der Waals surface area contributed by atoms with Crippen LogP contribution in [0.3, 0.4) is 0 Å². The smallest absolute Gasteiger partial charge is 0.398 e. The van der Waals surface area contributed by atoms with Crippen molar-refractivity contribution in [2.45, 2.75) is 51.4 Å². The third-order valence-electron chi connectivity index (χ3n) is 6.84. The molecule has 0 spiro atoms. The quantitative estimate of drug-likeness (QED) is 0.0790. The van der Waals surface area contributed by atoms with Crippen molar-refractivity contribution in [1.82, 2.24) is 9.55 Å². The lowest BCUT2D eigenvalue weighted by atomic mass is 9.95. The molecule has 47 heavy (non-hydrogen) atoms. The van der Waals surface area contributed by atoms with Gasteiger partial charge in [0, 0.05) is 41.5 Å². The minimum Gasteiger partial charge on any atom is -0.398 e. The number of rotatable bonds is 14. The number of aliphatic hydroxyl groups is 1. The molecule has 1 aromatic carbocycles. The van der Waals surface area contributed by atoms with E-state index in [9.17, 15) is 44.0 Å². The van der Waals surface area contributed by atoms with E-state index in [0.29, 0.717) is 22.3 Å².